The molecule has 1 amide bonds. The lowest BCUT2D eigenvalue weighted by atomic mass is 10.1. The van der Waals surface area contributed by atoms with Crippen LogP contribution in [0.4, 0.5) is 4.79 Å². The van der Waals surface area contributed by atoms with E-state index in [9.17, 15) is 9.59 Å². The second-order valence-electron chi connectivity index (χ2n) is 6.08. The molecule has 0 bridgehead atoms. The second kappa shape index (κ2) is 9.03. The van der Waals surface area contributed by atoms with E-state index in [1.54, 1.807) is 32.9 Å². The van der Waals surface area contributed by atoms with Crippen molar-refractivity contribution in [2.75, 3.05) is 11.5 Å². The Bertz CT molecular complexity index is 528. The maximum Gasteiger partial charge on any atom is 0.407 e. The summed E-state index contributed by atoms with van der Waals surface area (Å²) in [7, 11) is 0. The molecule has 2 N–H and O–H groups in total. The number of carbonyl (C=O) groups is 2. The van der Waals surface area contributed by atoms with E-state index in [4.69, 9.17) is 21.4 Å². The minimum atomic E-state index is -0.877. The number of nitrogens with one attached hydrogen (secondary N) is 1. The zero-order valence-corrected chi connectivity index (χ0v) is 15.0. The highest BCUT2D eigenvalue weighted by Gasteiger charge is 2.20. The lowest BCUT2D eigenvalue weighted by molar-refractivity contribution is -0.133. The number of amides is 1. The molecule has 0 aliphatic carbocycles. The first-order valence-corrected chi connectivity index (χ1v) is 8.72. The fourth-order valence-corrected chi connectivity index (χ4v) is 2.72. The number of thioether (sulfide) groups is 1. The van der Waals surface area contributed by atoms with E-state index >= 15 is 0 Å². The first-order chi connectivity index (χ1) is 10.7. The summed E-state index contributed by atoms with van der Waals surface area (Å²) < 4.78 is 5.26. The summed E-state index contributed by atoms with van der Waals surface area (Å²) in [5.41, 5.74) is 0.426. The first-order valence-electron chi connectivity index (χ1n) is 7.19. The Morgan fingerprint density at radius 2 is 1.91 bits per heavy atom. The Morgan fingerprint density at radius 1 is 1.30 bits per heavy atom. The van der Waals surface area contributed by atoms with E-state index in [-0.39, 0.29) is 11.8 Å². The van der Waals surface area contributed by atoms with Gasteiger partial charge >= 0.3 is 12.1 Å². The van der Waals surface area contributed by atoms with Crippen molar-refractivity contribution in [2.45, 2.75) is 38.8 Å². The normalized spacial score (nSPS) is 12.5. The number of hydrogen-bond acceptors (Lipinski definition) is 4. The summed E-state index contributed by atoms with van der Waals surface area (Å²) in [6.45, 7) is 5.37. The van der Waals surface area contributed by atoms with Crippen LogP contribution in [0.25, 0.3) is 0 Å². The Kier molecular flexibility index (Phi) is 7.72. The number of carboxylic acid groups (broad SMARTS) is 1. The predicted molar refractivity (Wildman–Crippen MR) is 93.3 cm³/mol. The van der Waals surface area contributed by atoms with Crippen LogP contribution in [-0.2, 0) is 16.0 Å². The van der Waals surface area contributed by atoms with Gasteiger partial charge < -0.3 is 15.2 Å². The predicted octanol–water partition coefficient (Wildman–Crippen LogP) is 3.59. The number of carbonyl (C=O) groups excluding carboxylic acids is 1. The lowest BCUT2D eigenvalue weighted by Gasteiger charge is -2.23. The van der Waals surface area contributed by atoms with Crippen molar-refractivity contribution < 1.29 is 19.4 Å². The molecule has 0 aromatic heterocycles. The van der Waals surface area contributed by atoms with E-state index in [1.165, 1.54) is 11.8 Å². The van der Waals surface area contributed by atoms with Crippen molar-refractivity contribution >= 4 is 35.4 Å². The van der Waals surface area contributed by atoms with E-state index < -0.39 is 17.7 Å². The van der Waals surface area contributed by atoms with Crippen LogP contribution in [0, 0.1) is 0 Å². The third-order valence-electron chi connectivity index (χ3n) is 2.66. The summed E-state index contributed by atoms with van der Waals surface area (Å²) >= 11 is 7.12. The fourth-order valence-electron chi connectivity index (χ4n) is 1.82. The average molecular weight is 360 g/mol. The number of benzene rings is 1. The maximum atomic E-state index is 11.9. The molecular weight excluding hydrogens is 338 g/mol. The van der Waals surface area contributed by atoms with Gasteiger partial charge in [0.25, 0.3) is 0 Å². The fraction of sp³-hybridized carbons (Fsp3) is 0.500. The first kappa shape index (κ1) is 19.6. The van der Waals surface area contributed by atoms with Crippen LogP contribution in [0.15, 0.2) is 24.3 Å². The average Bonchev–Trinajstić information content (AvgIpc) is 2.38. The Morgan fingerprint density at radius 3 is 2.43 bits per heavy atom. The second-order valence-corrected chi connectivity index (χ2v) is 7.55. The maximum absolute atomic E-state index is 11.9. The highest BCUT2D eigenvalue weighted by molar-refractivity contribution is 7.99. The van der Waals surface area contributed by atoms with Crippen molar-refractivity contribution in [1.82, 2.24) is 5.32 Å². The number of hydrogen-bond donors (Lipinski definition) is 2. The number of halogens is 1. The SMILES string of the molecule is CC(C)(C)OC(=O)N[C@H](CSCC(=O)O)Cc1ccc(Cl)cc1. The smallest absolute Gasteiger partial charge is 0.407 e. The summed E-state index contributed by atoms with van der Waals surface area (Å²) in [6, 6.07) is 7.11. The topological polar surface area (TPSA) is 75.6 Å². The number of aliphatic carboxylic acids is 1. The third kappa shape index (κ3) is 9.36. The molecule has 1 aromatic rings. The molecule has 1 rings (SSSR count). The van der Waals surface area contributed by atoms with Crippen LogP contribution >= 0.6 is 23.4 Å². The van der Waals surface area contributed by atoms with Crippen molar-refractivity contribution in [1.29, 1.82) is 0 Å². The van der Waals surface area contributed by atoms with Gasteiger partial charge in [0.05, 0.1) is 5.75 Å². The van der Waals surface area contributed by atoms with Gasteiger partial charge in [0.15, 0.2) is 0 Å². The Balaban J connectivity index is 2.65. The summed E-state index contributed by atoms with van der Waals surface area (Å²) in [6.07, 6.45) is 0.0654. The van der Waals surface area contributed by atoms with Gasteiger partial charge in [-0.3, -0.25) is 4.79 Å². The molecule has 0 unspecified atom stereocenters. The molecule has 1 aromatic carbocycles. The summed E-state index contributed by atoms with van der Waals surface area (Å²) in [5.74, 6) is -0.404. The summed E-state index contributed by atoms with van der Waals surface area (Å²) in [4.78, 5) is 22.6. The molecule has 0 saturated heterocycles. The standard InChI is InChI=1S/C16H22ClNO4S/c1-16(2,3)22-15(21)18-13(9-23-10-14(19)20)8-11-4-6-12(17)7-5-11/h4-7,13H,8-10H2,1-3H3,(H,18,21)(H,19,20)/t13-/m0/s1. The minimum Gasteiger partial charge on any atom is -0.481 e. The molecule has 0 saturated carbocycles. The molecular formula is C16H22ClNO4S. The largest absolute Gasteiger partial charge is 0.481 e. The van der Waals surface area contributed by atoms with Gasteiger partial charge in [0.2, 0.25) is 0 Å². The van der Waals surface area contributed by atoms with Crippen LogP contribution in [0.2, 0.25) is 5.02 Å². The molecule has 7 heteroatoms. The van der Waals surface area contributed by atoms with Gasteiger partial charge in [-0.15, -0.1) is 11.8 Å². The van der Waals surface area contributed by atoms with E-state index in [2.05, 4.69) is 5.32 Å². The molecule has 23 heavy (non-hydrogen) atoms. The molecule has 5 nitrogen and oxygen atoms in total. The molecule has 0 heterocycles. The van der Waals surface area contributed by atoms with Crippen LogP contribution < -0.4 is 5.32 Å². The lowest BCUT2D eigenvalue weighted by Crippen LogP contribution is -2.41. The number of alkyl carbamates (subject to hydrolysis) is 1. The monoisotopic (exact) mass is 359 g/mol. The van der Waals surface area contributed by atoms with Gasteiger partial charge in [-0.05, 0) is 44.9 Å². The molecule has 0 aliphatic heterocycles. The Hall–Kier alpha value is -1.40. The van der Waals surface area contributed by atoms with Gasteiger partial charge in [-0.25, -0.2) is 4.79 Å². The van der Waals surface area contributed by atoms with Crippen LogP contribution in [0.3, 0.4) is 0 Å². The van der Waals surface area contributed by atoms with Gasteiger partial charge in [0.1, 0.15) is 5.60 Å². The molecule has 0 spiro atoms. The van der Waals surface area contributed by atoms with E-state index in [0.29, 0.717) is 17.2 Å². The van der Waals surface area contributed by atoms with Crippen molar-refractivity contribution in [3.63, 3.8) is 0 Å². The number of carboxylic acids is 1. The van der Waals surface area contributed by atoms with Crippen molar-refractivity contribution in [3.8, 4) is 0 Å². The highest BCUT2D eigenvalue weighted by atomic mass is 35.5. The quantitative estimate of drug-likeness (QED) is 0.778. The zero-order chi connectivity index (χ0) is 17.5. The third-order valence-corrected chi connectivity index (χ3v) is 4.00. The van der Waals surface area contributed by atoms with Crippen molar-refractivity contribution in [2.24, 2.45) is 0 Å². The van der Waals surface area contributed by atoms with Crippen LogP contribution in [0.1, 0.15) is 26.3 Å². The van der Waals surface area contributed by atoms with E-state index in [1.807, 2.05) is 12.1 Å². The minimum absolute atomic E-state index is 0.00683. The molecule has 0 radical (unpaired) electrons. The molecule has 0 fully saturated rings. The number of ether oxygens (including phenoxy) is 1. The molecule has 0 aliphatic rings. The zero-order valence-electron chi connectivity index (χ0n) is 13.5. The Labute approximate surface area is 145 Å². The van der Waals surface area contributed by atoms with Gasteiger partial charge in [0, 0.05) is 16.8 Å². The summed E-state index contributed by atoms with van der Waals surface area (Å²) in [5, 5.41) is 12.2. The van der Waals surface area contributed by atoms with Crippen LogP contribution in [0.5, 0.6) is 0 Å². The van der Waals surface area contributed by atoms with E-state index in [0.717, 1.165) is 5.56 Å². The molecule has 128 valence electrons. The van der Waals surface area contributed by atoms with Crippen molar-refractivity contribution in [3.05, 3.63) is 34.9 Å². The molecule has 1 atom stereocenters. The van der Waals surface area contributed by atoms with Gasteiger partial charge in [-0.2, -0.15) is 0 Å². The van der Waals surface area contributed by atoms with Gasteiger partial charge in [-0.1, -0.05) is 23.7 Å². The van der Waals surface area contributed by atoms with Crippen LogP contribution in [-0.4, -0.2) is 40.3 Å². The highest BCUT2D eigenvalue weighted by Crippen LogP contribution is 2.14. The number of rotatable bonds is 7.